The molecule has 1 aromatic heterocycles. The molecule has 9 heteroatoms. The number of ether oxygens (including phenoxy) is 1. The summed E-state index contributed by atoms with van der Waals surface area (Å²) in [5, 5.41) is 3.00. The van der Waals surface area contributed by atoms with Gasteiger partial charge in [-0.1, -0.05) is 65.8 Å². The van der Waals surface area contributed by atoms with E-state index in [1.807, 2.05) is 6.07 Å². The number of aromatic nitrogens is 2. The second-order valence-electron chi connectivity index (χ2n) is 10.8. The van der Waals surface area contributed by atoms with Crippen LogP contribution in [0, 0.1) is 5.92 Å². The fourth-order valence-electron chi connectivity index (χ4n) is 4.70. The molecule has 1 amide bonds. The Kier molecular flexibility index (Phi) is 8.06. The van der Waals surface area contributed by atoms with Crippen molar-refractivity contribution in [3.8, 4) is 17.1 Å². The van der Waals surface area contributed by atoms with Crippen LogP contribution in [-0.4, -0.2) is 36.9 Å². The number of benzene rings is 2. The van der Waals surface area contributed by atoms with Crippen molar-refractivity contribution in [2.75, 3.05) is 11.3 Å². The molecule has 0 saturated carbocycles. The molecule has 3 aromatic rings. The van der Waals surface area contributed by atoms with Crippen molar-refractivity contribution >= 4 is 21.9 Å². The molecule has 1 atom stereocenters. The summed E-state index contributed by atoms with van der Waals surface area (Å²) in [6.45, 7) is 12.8. The Morgan fingerprint density at radius 1 is 0.947 bits per heavy atom. The van der Waals surface area contributed by atoms with Gasteiger partial charge in [-0.3, -0.25) is 4.79 Å². The lowest BCUT2D eigenvalue weighted by atomic mass is 9.87. The molecule has 4 bridgehead atoms. The average molecular weight is 537 g/mol. The third-order valence-electron chi connectivity index (χ3n) is 6.49. The Morgan fingerprint density at radius 3 is 2.24 bits per heavy atom. The van der Waals surface area contributed by atoms with E-state index in [9.17, 15) is 13.2 Å². The maximum Gasteiger partial charge on any atom is 0.264 e. The van der Waals surface area contributed by atoms with Crippen LogP contribution in [0.5, 0.6) is 5.88 Å². The molecule has 0 aliphatic carbocycles. The fourth-order valence-corrected chi connectivity index (χ4v) is 5.68. The molecule has 0 unspecified atom stereocenters. The molecule has 202 valence electrons. The maximum absolute atomic E-state index is 13.3. The maximum atomic E-state index is 13.3. The number of nitrogens with one attached hydrogen (secondary N) is 2. The number of hydrogen-bond acceptors (Lipinski definition) is 6. The number of rotatable bonds is 5. The Morgan fingerprint density at radius 2 is 1.61 bits per heavy atom. The third-order valence-corrected chi connectivity index (χ3v) is 7.81. The van der Waals surface area contributed by atoms with Crippen LogP contribution in [0.1, 0.15) is 81.3 Å². The van der Waals surface area contributed by atoms with Crippen molar-refractivity contribution in [2.24, 2.45) is 5.92 Å². The lowest BCUT2D eigenvalue weighted by Gasteiger charge is -2.22. The lowest BCUT2D eigenvalue weighted by Crippen LogP contribution is -2.40. The van der Waals surface area contributed by atoms with Gasteiger partial charge >= 0.3 is 0 Å². The van der Waals surface area contributed by atoms with Gasteiger partial charge in [-0.15, -0.1) is 0 Å². The quantitative estimate of drug-likeness (QED) is 0.431. The molecule has 8 nitrogen and oxygen atoms in total. The Labute approximate surface area is 225 Å². The predicted molar refractivity (Wildman–Crippen MR) is 149 cm³/mol. The Bertz CT molecular complexity index is 1410. The van der Waals surface area contributed by atoms with E-state index >= 15 is 0 Å². The minimum Gasteiger partial charge on any atom is -0.475 e. The monoisotopic (exact) mass is 536 g/mol. The molecule has 0 fully saturated rings. The van der Waals surface area contributed by atoms with Gasteiger partial charge in [0.05, 0.1) is 16.6 Å². The number of carbonyl (C=O) groups excluding carboxylic acids is 1. The number of hydrogen-bond donors (Lipinski definition) is 2. The molecular formula is C29H36N4O4S. The van der Waals surface area contributed by atoms with E-state index in [0.717, 1.165) is 16.7 Å². The van der Waals surface area contributed by atoms with E-state index < -0.39 is 10.0 Å². The zero-order valence-electron chi connectivity index (χ0n) is 22.8. The highest BCUT2D eigenvalue weighted by molar-refractivity contribution is 7.92. The fraction of sp³-hybridized carbons (Fsp3) is 0.414. The van der Waals surface area contributed by atoms with Crippen LogP contribution in [0.3, 0.4) is 0 Å². The third kappa shape index (κ3) is 6.15. The molecule has 4 rings (SSSR count). The van der Waals surface area contributed by atoms with E-state index in [1.54, 1.807) is 18.2 Å². The van der Waals surface area contributed by atoms with E-state index in [1.165, 1.54) is 12.1 Å². The van der Waals surface area contributed by atoms with E-state index in [-0.39, 0.29) is 52.7 Å². The summed E-state index contributed by atoms with van der Waals surface area (Å²) in [6.07, 6.45) is 0.681. The molecule has 2 N–H and O–H groups in total. The zero-order chi connectivity index (χ0) is 27.6. The van der Waals surface area contributed by atoms with Gasteiger partial charge < -0.3 is 10.1 Å². The number of carbonyl (C=O) groups is 1. The standard InChI is InChI=1S/C29H36N4O4S/c1-17(2)13-21-16-37-26-15-25(27-23(18(3)4)11-8-12-24(27)19(5)6)31-29(32-26)33-38(35,36)22-10-7-9-20(14-22)28(34)30-21/h7-12,14-15,17-19,21H,13,16H2,1-6H3,(H,30,34)(H,31,32,33)/t21-/m1/s1. The summed E-state index contributed by atoms with van der Waals surface area (Å²) >= 11 is 0. The SMILES string of the molecule is CC(C)C[C@@H]1COc2cc(-c3c(C(C)C)cccc3C(C)C)nc(n2)NS(=O)(=O)c2cccc(c2)C(=O)N1. The molecule has 0 saturated heterocycles. The van der Waals surface area contributed by atoms with Gasteiger partial charge in [-0.25, -0.2) is 18.1 Å². The minimum atomic E-state index is -4.08. The molecule has 2 heterocycles. The van der Waals surface area contributed by atoms with Crippen molar-refractivity contribution in [1.82, 2.24) is 15.3 Å². The van der Waals surface area contributed by atoms with E-state index in [2.05, 4.69) is 73.7 Å². The number of sulfonamides is 1. The Hall–Kier alpha value is -3.46. The highest BCUT2D eigenvalue weighted by Gasteiger charge is 2.24. The van der Waals surface area contributed by atoms with Gasteiger partial charge in [0.2, 0.25) is 11.8 Å². The van der Waals surface area contributed by atoms with Crippen LogP contribution < -0.4 is 14.8 Å². The van der Waals surface area contributed by atoms with Gasteiger partial charge in [0, 0.05) is 17.2 Å². The van der Waals surface area contributed by atoms with Crippen molar-refractivity contribution < 1.29 is 17.9 Å². The van der Waals surface area contributed by atoms with Crippen LogP contribution in [0.15, 0.2) is 53.4 Å². The van der Waals surface area contributed by atoms with E-state index in [4.69, 9.17) is 4.74 Å². The molecule has 38 heavy (non-hydrogen) atoms. The number of anilines is 1. The molecule has 1 aliphatic heterocycles. The van der Waals surface area contributed by atoms with Gasteiger partial charge in [0.15, 0.2) is 0 Å². The molecular weight excluding hydrogens is 500 g/mol. The highest BCUT2D eigenvalue weighted by atomic mass is 32.2. The zero-order valence-corrected chi connectivity index (χ0v) is 23.6. The number of fused-ring (bicyclic) bond motifs is 4. The molecule has 1 aliphatic rings. The van der Waals surface area contributed by atoms with Gasteiger partial charge in [0.1, 0.15) is 6.61 Å². The molecule has 0 spiro atoms. The number of nitrogens with zero attached hydrogens (tertiary/aromatic N) is 2. The lowest BCUT2D eigenvalue weighted by molar-refractivity contribution is 0.0913. The summed E-state index contributed by atoms with van der Waals surface area (Å²) in [7, 11) is -4.08. The Balaban J connectivity index is 1.91. The van der Waals surface area contributed by atoms with Gasteiger partial charge in [-0.2, -0.15) is 4.98 Å². The van der Waals surface area contributed by atoms with Crippen LogP contribution in [-0.2, 0) is 10.0 Å². The molecule has 0 radical (unpaired) electrons. The summed E-state index contributed by atoms with van der Waals surface area (Å²) in [5.74, 6) is 0.513. The topological polar surface area (TPSA) is 110 Å². The van der Waals surface area contributed by atoms with Crippen molar-refractivity contribution in [3.05, 3.63) is 65.2 Å². The average Bonchev–Trinajstić information content (AvgIpc) is 2.85. The summed E-state index contributed by atoms with van der Waals surface area (Å²) < 4.78 is 35.3. The van der Waals surface area contributed by atoms with Crippen LogP contribution >= 0.6 is 0 Å². The minimum absolute atomic E-state index is 0.0493. The second kappa shape index (κ2) is 11.1. The van der Waals surface area contributed by atoms with E-state index in [0.29, 0.717) is 18.0 Å². The first-order valence-corrected chi connectivity index (χ1v) is 14.5. The van der Waals surface area contributed by atoms with Crippen LogP contribution in [0.25, 0.3) is 11.3 Å². The van der Waals surface area contributed by atoms with Crippen molar-refractivity contribution in [3.63, 3.8) is 0 Å². The first-order valence-electron chi connectivity index (χ1n) is 13.0. The second-order valence-corrected chi connectivity index (χ2v) is 12.5. The summed E-state index contributed by atoms with van der Waals surface area (Å²) in [6, 6.07) is 13.6. The largest absolute Gasteiger partial charge is 0.475 e. The smallest absolute Gasteiger partial charge is 0.264 e. The first-order chi connectivity index (χ1) is 17.9. The van der Waals surface area contributed by atoms with Crippen LogP contribution in [0.2, 0.25) is 0 Å². The van der Waals surface area contributed by atoms with Gasteiger partial charge in [0.25, 0.3) is 15.9 Å². The number of amides is 1. The molecule has 2 aromatic carbocycles. The van der Waals surface area contributed by atoms with Gasteiger partial charge in [-0.05, 0) is 53.5 Å². The normalized spacial score (nSPS) is 17.2. The van der Waals surface area contributed by atoms with Crippen LogP contribution in [0.4, 0.5) is 5.95 Å². The van der Waals surface area contributed by atoms with Crippen molar-refractivity contribution in [1.29, 1.82) is 0 Å². The summed E-state index contributed by atoms with van der Waals surface area (Å²) in [4.78, 5) is 22.0. The first kappa shape index (κ1) is 27.6. The predicted octanol–water partition coefficient (Wildman–Crippen LogP) is 5.73. The summed E-state index contributed by atoms with van der Waals surface area (Å²) in [5.41, 5.74) is 3.98. The van der Waals surface area contributed by atoms with Crippen molar-refractivity contribution in [2.45, 2.75) is 70.7 Å². The highest BCUT2D eigenvalue weighted by Crippen LogP contribution is 2.37.